The normalized spacial score (nSPS) is 19.3. The van der Waals surface area contributed by atoms with Crippen LogP contribution in [0.4, 0.5) is 17.1 Å². The monoisotopic (exact) mass is 453 g/mol. The van der Waals surface area contributed by atoms with Crippen molar-refractivity contribution in [2.24, 2.45) is 11.8 Å². The minimum absolute atomic E-state index is 0.0198. The smallest absolute Gasteiger partial charge is 0.196 e. The zero-order valence-corrected chi connectivity index (χ0v) is 19.6. The maximum absolute atomic E-state index is 13.8. The molecule has 0 amide bonds. The summed E-state index contributed by atoms with van der Waals surface area (Å²) in [5, 5.41) is 8.80. The van der Waals surface area contributed by atoms with Crippen molar-refractivity contribution >= 4 is 33.7 Å². The van der Waals surface area contributed by atoms with Gasteiger partial charge in [-0.1, -0.05) is 49.3 Å². The Hall–Kier alpha value is -3.80. The highest BCUT2D eigenvalue weighted by Crippen LogP contribution is 2.47. The zero-order valence-electron chi connectivity index (χ0n) is 19.6. The van der Waals surface area contributed by atoms with Gasteiger partial charge in [0.2, 0.25) is 0 Å². The van der Waals surface area contributed by atoms with Crippen LogP contribution in [-0.4, -0.2) is 31.1 Å². The molecule has 1 saturated heterocycles. The number of nitrogens with zero attached hydrogens (tertiary/aromatic N) is 2. The van der Waals surface area contributed by atoms with E-state index < -0.39 is 0 Å². The number of methoxy groups -OCH3 is 1. The van der Waals surface area contributed by atoms with E-state index in [9.17, 15) is 4.79 Å². The molecule has 1 fully saturated rings. The number of ketones is 1. The van der Waals surface area contributed by atoms with Gasteiger partial charge in [0.05, 0.1) is 29.4 Å². The van der Waals surface area contributed by atoms with Gasteiger partial charge in [0.25, 0.3) is 0 Å². The SMILES string of the molecule is COc1cccc(Nc2cc(N3C[C@H](C)C[C@@H](C)C3)c3noc4c3c2C(=O)c2ccccc2-4)c1. The van der Waals surface area contributed by atoms with Crippen LogP contribution in [0.25, 0.3) is 22.2 Å². The number of aromatic nitrogens is 1. The van der Waals surface area contributed by atoms with Crippen LogP contribution in [0.3, 0.4) is 0 Å². The number of benzene rings is 3. The maximum Gasteiger partial charge on any atom is 0.196 e. The molecule has 0 radical (unpaired) electrons. The summed E-state index contributed by atoms with van der Waals surface area (Å²) in [6, 6.07) is 17.4. The number of ether oxygens (including phenoxy) is 1. The lowest BCUT2D eigenvalue weighted by atomic mass is 9.85. The molecule has 1 aliphatic carbocycles. The summed E-state index contributed by atoms with van der Waals surface area (Å²) in [5.41, 5.74) is 5.41. The fourth-order valence-corrected chi connectivity index (χ4v) is 5.60. The van der Waals surface area contributed by atoms with Gasteiger partial charge in [0.15, 0.2) is 11.5 Å². The molecule has 6 rings (SSSR count). The first kappa shape index (κ1) is 20.8. The van der Waals surface area contributed by atoms with Gasteiger partial charge in [-0.2, -0.15) is 0 Å². The Morgan fingerprint density at radius 2 is 1.79 bits per heavy atom. The number of carbonyl (C=O) groups is 1. The van der Waals surface area contributed by atoms with E-state index in [1.54, 1.807) is 7.11 Å². The summed E-state index contributed by atoms with van der Waals surface area (Å²) in [7, 11) is 1.65. The highest BCUT2D eigenvalue weighted by atomic mass is 16.5. The Labute approximate surface area is 198 Å². The molecule has 1 aliphatic heterocycles. The number of anilines is 3. The summed E-state index contributed by atoms with van der Waals surface area (Å²) in [6.07, 6.45) is 1.21. The van der Waals surface area contributed by atoms with Crippen molar-refractivity contribution in [2.75, 3.05) is 30.4 Å². The van der Waals surface area contributed by atoms with Crippen LogP contribution in [0.5, 0.6) is 5.75 Å². The van der Waals surface area contributed by atoms with Crippen LogP contribution in [0, 0.1) is 11.8 Å². The summed E-state index contributed by atoms with van der Waals surface area (Å²) < 4.78 is 11.3. The second-order valence-electron chi connectivity index (χ2n) is 9.64. The summed E-state index contributed by atoms with van der Waals surface area (Å²) in [6.45, 7) is 6.48. The molecule has 34 heavy (non-hydrogen) atoms. The molecule has 2 atom stereocenters. The van der Waals surface area contributed by atoms with E-state index in [2.05, 4.69) is 35.3 Å². The van der Waals surface area contributed by atoms with E-state index in [1.807, 2.05) is 48.5 Å². The molecular weight excluding hydrogens is 426 g/mol. The molecule has 2 aliphatic rings. The average molecular weight is 454 g/mol. The van der Waals surface area contributed by atoms with Crippen LogP contribution in [-0.2, 0) is 0 Å². The Morgan fingerprint density at radius 3 is 2.56 bits per heavy atom. The second kappa shape index (κ2) is 7.90. The van der Waals surface area contributed by atoms with E-state index in [1.165, 1.54) is 6.42 Å². The fourth-order valence-electron chi connectivity index (χ4n) is 5.60. The number of rotatable bonds is 4. The number of fused-ring (bicyclic) bond motifs is 2. The molecule has 1 N–H and O–H groups in total. The van der Waals surface area contributed by atoms with Crippen molar-refractivity contribution in [1.82, 2.24) is 5.16 Å². The number of nitrogens with one attached hydrogen (secondary N) is 1. The number of hydrogen-bond acceptors (Lipinski definition) is 6. The van der Waals surface area contributed by atoms with Gasteiger partial charge in [-0.15, -0.1) is 0 Å². The van der Waals surface area contributed by atoms with Crippen molar-refractivity contribution in [3.8, 4) is 17.1 Å². The van der Waals surface area contributed by atoms with Crippen LogP contribution in [0.15, 0.2) is 59.1 Å². The molecule has 0 spiro atoms. The summed E-state index contributed by atoms with van der Waals surface area (Å²) >= 11 is 0. The average Bonchev–Trinajstić information content (AvgIpc) is 3.27. The molecule has 3 aromatic carbocycles. The van der Waals surface area contributed by atoms with Gasteiger partial charge < -0.3 is 19.5 Å². The first-order valence-corrected chi connectivity index (χ1v) is 11.8. The van der Waals surface area contributed by atoms with Gasteiger partial charge in [0.1, 0.15) is 11.3 Å². The standard InChI is InChI=1S/C28H27N3O3/c1-16-11-17(2)15-31(14-16)23-13-22(29-18-7-6-8-19(12-18)33-3)24-25-26(23)30-34-28(25)21-10-5-4-9-20(21)27(24)32/h4-10,12-13,16-17,29H,11,14-15H2,1-3H3/t16-,17-/m1/s1. The lowest BCUT2D eigenvalue weighted by Crippen LogP contribution is -2.39. The van der Waals surface area contributed by atoms with Crippen LogP contribution in [0.2, 0.25) is 0 Å². The van der Waals surface area contributed by atoms with Crippen LogP contribution < -0.4 is 15.0 Å². The molecule has 4 aromatic rings. The highest BCUT2D eigenvalue weighted by Gasteiger charge is 2.34. The predicted molar refractivity (Wildman–Crippen MR) is 134 cm³/mol. The third-order valence-corrected chi connectivity index (χ3v) is 6.94. The van der Waals surface area contributed by atoms with Crippen molar-refractivity contribution < 1.29 is 14.1 Å². The molecule has 0 saturated carbocycles. The van der Waals surface area contributed by atoms with Crippen molar-refractivity contribution in [3.63, 3.8) is 0 Å². The molecule has 0 unspecified atom stereocenters. The largest absolute Gasteiger partial charge is 0.497 e. The van der Waals surface area contributed by atoms with Crippen LogP contribution >= 0.6 is 0 Å². The molecule has 6 nitrogen and oxygen atoms in total. The molecule has 2 heterocycles. The highest BCUT2D eigenvalue weighted by molar-refractivity contribution is 6.28. The molecule has 6 heteroatoms. The number of hydrogen-bond donors (Lipinski definition) is 1. The van der Waals surface area contributed by atoms with E-state index >= 15 is 0 Å². The lowest BCUT2D eigenvalue weighted by molar-refractivity contribution is 0.104. The predicted octanol–water partition coefficient (Wildman–Crippen LogP) is 6.27. The van der Waals surface area contributed by atoms with E-state index in [0.717, 1.165) is 52.4 Å². The third-order valence-electron chi connectivity index (χ3n) is 6.94. The molecular formula is C28H27N3O3. The first-order chi connectivity index (χ1) is 16.5. The van der Waals surface area contributed by atoms with E-state index in [-0.39, 0.29) is 5.78 Å². The van der Waals surface area contributed by atoms with Crippen LogP contribution in [0.1, 0.15) is 36.2 Å². The Morgan fingerprint density at radius 1 is 1.03 bits per heavy atom. The Balaban J connectivity index is 1.59. The van der Waals surface area contributed by atoms with Gasteiger partial charge in [-0.05, 0) is 36.5 Å². The minimum Gasteiger partial charge on any atom is -0.497 e. The Bertz CT molecular complexity index is 1410. The Kier molecular flexibility index (Phi) is 4.83. The summed E-state index contributed by atoms with van der Waals surface area (Å²) in [4.78, 5) is 16.2. The van der Waals surface area contributed by atoms with Gasteiger partial charge in [0, 0.05) is 36.0 Å². The third kappa shape index (κ3) is 3.24. The van der Waals surface area contributed by atoms with Gasteiger partial charge >= 0.3 is 0 Å². The first-order valence-electron chi connectivity index (χ1n) is 11.8. The summed E-state index contributed by atoms with van der Waals surface area (Å²) in [5.74, 6) is 2.55. The molecule has 0 bridgehead atoms. The van der Waals surface area contributed by atoms with Crippen molar-refractivity contribution in [2.45, 2.75) is 20.3 Å². The zero-order chi connectivity index (χ0) is 23.4. The lowest BCUT2D eigenvalue weighted by Gasteiger charge is -2.37. The van der Waals surface area contributed by atoms with Gasteiger partial charge in [-0.3, -0.25) is 4.79 Å². The minimum atomic E-state index is -0.0198. The number of piperidine rings is 1. The van der Waals surface area contributed by atoms with Crippen molar-refractivity contribution in [3.05, 3.63) is 65.7 Å². The van der Waals surface area contributed by atoms with Gasteiger partial charge in [-0.25, -0.2) is 0 Å². The fraction of sp³-hybridized carbons (Fsp3) is 0.286. The number of carbonyl (C=O) groups excluding carboxylic acids is 1. The van der Waals surface area contributed by atoms with E-state index in [0.29, 0.717) is 28.7 Å². The second-order valence-corrected chi connectivity index (χ2v) is 9.64. The van der Waals surface area contributed by atoms with E-state index in [4.69, 9.17) is 9.26 Å². The topological polar surface area (TPSA) is 67.6 Å². The molecule has 1 aromatic heterocycles. The van der Waals surface area contributed by atoms with Crippen molar-refractivity contribution in [1.29, 1.82) is 0 Å². The molecule has 172 valence electrons. The quantitative estimate of drug-likeness (QED) is 0.346. The maximum atomic E-state index is 13.8.